The lowest BCUT2D eigenvalue weighted by molar-refractivity contribution is -0.135. The van der Waals surface area contributed by atoms with Crippen LogP contribution in [0.1, 0.15) is 38.5 Å². The highest BCUT2D eigenvalue weighted by molar-refractivity contribution is 7.89. The van der Waals surface area contributed by atoms with Gasteiger partial charge >= 0.3 is 0 Å². The average molecular weight is 442 g/mol. The van der Waals surface area contributed by atoms with Gasteiger partial charge in [-0.15, -0.1) is 0 Å². The number of rotatable bonds is 7. The molecule has 0 bridgehead atoms. The van der Waals surface area contributed by atoms with Crippen molar-refractivity contribution < 1.29 is 22.0 Å². The summed E-state index contributed by atoms with van der Waals surface area (Å²) < 4.78 is 54.2. The summed E-state index contributed by atoms with van der Waals surface area (Å²) in [6, 6.07) is 2.14. The Morgan fingerprint density at radius 3 is 2.30 bits per heavy atom. The molecule has 1 amide bonds. The molecular formula is C21H29F2N3O3S. The molecular weight excluding hydrogens is 412 g/mol. The predicted molar refractivity (Wildman–Crippen MR) is 108 cm³/mol. The van der Waals surface area contributed by atoms with E-state index in [0.29, 0.717) is 19.0 Å². The largest absolute Gasteiger partial charge is 0.337 e. The normalized spacial score (nSPS) is 23.6. The van der Waals surface area contributed by atoms with Gasteiger partial charge in [-0.2, -0.15) is 4.31 Å². The van der Waals surface area contributed by atoms with Crippen molar-refractivity contribution in [3.05, 3.63) is 29.8 Å². The molecule has 166 valence electrons. The Kier molecular flexibility index (Phi) is 6.41. The Hall–Kier alpha value is -1.58. The van der Waals surface area contributed by atoms with Gasteiger partial charge in [0.1, 0.15) is 11.6 Å². The summed E-state index contributed by atoms with van der Waals surface area (Å²) in [5, 5.41) is 0. The van der Waals surface area contributed by atoms with Gasteiger partial charge in [0.2, 0.25) is 15.9 Å². The molecule has 0 aromatic heterocycles. The highest BCUT2D eigenvalue weighted by atomic mass is 32.2. The van der Waals surface area contributed by atoms with Crippen LogP contribution in [0.4, 0.5) is 8.78 Å². The van der Waals surface area contributed by atoms with E-state index in [1.807, 2.05) is 4.90 Å². The van der Waals surface area contributed by atoms with Crippen molar-refractivity contribution >= 4 is 15.9 Å². The molecule has 0 N–H and O–H groups in total. The summed E-state index contributed by atoms with van der Waals surface area (Å²) in [6.07, 6.45) is 5.94. The van der Waals surface area contributed by atoms with Crippen LogP contribution in [0.3, 0.4) is 0 Å². The first-order valence-electron chi connectivity index (χ1n) is 10.8. The Balaban J connectivity index is 1.45. The second-order valence-corrected chi connectivity index (χ2v) is 10.6. The number of sulfonamides is 1. The number of carbonyl (C=O) groups is 1. The minimum atomic E-state index is -4.01. The number of amides is 1. The van der Waals surface area contributed by atoms with E-state index in [4.69, 9.17) is 0 Å². The highest BCUT2D eigenvalue weighted by Crippen LogP contribution is 2.33. The molecule has 3 fully saturated rings. The minimum Gasteiger partial charge on any atom is -0.337 e. The first kappa shape index (κ1) is 21.6. The molecule has 4 rings (SSSR count). The molecule has 30 heavy (non-hydrogen) atoms. The maximum atomic E-state index is 13.5. The van der Waals surface area contributed by atoms with E-state index in [0.717, 1.165) is 44.6 Å². The maximum Gasteiger partial charge on any atom is 0.243 e. The lowest BCUT2D eigenvalue weighted by atomic mass is 10.1. The van der Waals surface area contributed by atoms with Gasteiger partial charge in [-0.25, -0.2) is 17.2 Å². The van der Waals surface area contributed by atoms with Gasteiger partial charge in [0.15, 0.2) is 0 Å². The maximum absolute atomic E-state index is 13.5. The Morgan fingerprint density at radius 2 is 1.67 bits per heavy atom. The molecule has 0 radical (unpaired) electrons. The summed E-state index contributed by atoms with van der Waals surface area (Å²) in [5.74, 6) is -1.66. The third-order valence-electron chi connectivity index (χ3n) is 6.36. The summed E-state index contributed by atoms with van der Waals surface area (Å²) in [7, 11) is -4.01. The van der Waals surface area contributed by atoms with Crippen molar-refractivity contribution in [3.63, 3.8) is 0 Å². The molecule has 2 heterocycles. The van der Waals surface area contributed by atoms with Crippen LogP contribution >= 0.6 is 0 Å². The summed E-state index contributed by atoms with van der Waals surface area (Å²) in [4.78, 5) is 16.8. The molecule has 1 saturated carbocycles. The minimum absolute atomic E-state index is 0.0642. The third kappa shape index (κ3) is 4.84. The molecule has 3 aliphatic rings. The Labute approximate surface area is 176 Å². The van der Waals surface area contributed by atoms with E-state index in [9.17, 15) is 22.0 Å². The fraction of sp³-hybridized carbons (Fsp3) is 0.667. The van der Waals surface area contributed by atoms with Crippen molar-refractivity contribution in [2.45, 2.75) is 49.5 Å². The Morgan fingerprint density at radius 1 is 1.00 bits per heavy atom. The van der Waals surface area contributed by atoms with E-state index in [1.54, 1.807) is 0 Å². The van der Waals surface area contributed by atoms with E-state index in [2.05, 4.69) is 4.90 Å². The number of halogens is 2. The third-order valence-corrected chi connectivity index (χ3v) is 8.20. The number of hydrogen-bond acceptors (Lipinski definition) is 4. The standard InChI is InChI=1S/C21H29F2N3O3S/c22-17-12-18(23)14-20(13-17)30(28,29)25-9-6-19(15-25)26(21(27)16-4-5-16)11-10-24-7-2-1-3-8-24/h12-14,16,19H,1-11,15H2. The molecule has 1 aromatic carbocycles. The number of piperidine rings is 1. The van der Waals surface area contributed by atoms with Crippen LogP contribution in [0.25, 0.3) is 0 Å². The van der Waals surface area contributed by atoms with Crippen LogP contribution < -0.4 is 0 Å². The lowest BCUT2D eigenvalue weighted by Crippen LogP contribution is -2.47. The van der Waals surface area contributed by atoms with Crippen molar-refractivity contribution in [2.24, 2.45) is 5.92 Å². The van der Waals surface area contributed by atoms with Crippen LogP contribution in [-0.4, -0.2) is 73.7 Å². The smallest absolute Gasteiger partial charge is 0.243 e. The zero-order chi connectivity index (χ0) is 21.3. The first-order chi connectivity index (χ1) is 14.3. The van der Waals surface area contributed by atoms with Crippen LogP contribution in [0.15, 0.2) is 23.1 Å². The van der Waals surface area contributed by atoms with Gasteiger partial charge in [0.05, 0.1) is 4.90 Å². The van der Waals surface area contributed by atoms with Crippen LogP contribution in [-0.2, 0) is 14.8 Å². The van der Waals surface area contributed by atoms with Gasteiger partial charge in [0, 0.05) is 44.2 Å². The Bertz CT molecular complexity index is 865. The van der Waals surface area contributed by atoms with Crippen LogP contribution in [0, 0.1) is 17.6 Å². The van der Waals surface area contributed by atoms with Gasteiger partial charge in [-0.3, -0.25) is 4.79 Å². The highest BCUT2D eigenvalue weighted by Gasteiger charge is 2.41. The molecule has 1 aliphatic carbocycles. The van der Waals surface area contributed by atoms with E-state index in [-0.39, 0.29) is 35.9 Å². The molecule has 6 nitrogen and oxygen atoms in total. The van der Waals surface area contributed by atoms with Crippen LogP contribution in [0.5, 0.6) is 0 Å². The summed E-state index contributed by atoms with van der Waals surface area (Å²) in [5.41, 5.74) is 0. The fourth-order valence-electron chi connectivity index (χ4n) is 4.48. The van der Waals surface area contributed by atoms with Crippen molar-refractivity contribution in [2.75, 3.05) is 39.3 Å². The van der Waals surface area contributed by atoms with Crippen molar-refractivity contribution in [1.29, 1.82) is 0 Å². The average Bonchev–Trinajstić information content (AvgIpc) is 3.45. The number of nitrogens with zero attached hydrogens (tertiary/aromatic N) is 3. The van der Waals surface area contributed by atoms with Gasteiger partial charge in [-0.1, -0.05) is 6.42 Å². The zero-order valence-electron chi connectivity index (χ0n) is 17.1. The van der Waals surface area contributed by atoms with E-state index < -0.39 is 21.7 Å². The van der Waals surface area contributed by atoms with Crippen molar-refractivity contribution in [3.8, 4) is 0 Å². The second-order valence-electron chi connectivity index (χ2n) is 8.62. The van der Waals surface area contributed by atoms with E-state index >= 15 is 0 Å². The number of likely N-dealkylation sites (tertiary alicyclic amines) is 1. The molecule has 0 spiro atoms. The quantitative estimate of drug-likeness (QED) is 0.652. The summed E-state index contributed by atoms with van der Waals surface area (Å²) in [6.45, 7) is 3.89. The van der Waals surface area contributed by atoms with Gasteiger partial charge < -0.3 is 9.80 Å². The number of hydrogen-bond donors (Lipinski definition) is 0. The monoisotopic (exact) mass is 441 g/mol. The van der Waals surface area contributed by atoms with Crippen molar-refractivity contribution in [1.82, 2.24) is 14.1 Å². The zero-order valence-corrected chi connectivity index (χ0v) is 17.9. The topological polar surface area (TPSA) is 60.9 Å². The first-order valence-corrected chi connectivity index (χ1v) is 12.3. The molecule has 1 unspecified atom stereocenters. The molecule has 9 heteroatoms. The van der Waals surface area contributed by atoms with Gasteiger partial charge in [-0.05, 0) is 57.3 Å². The molecule has 1 atom stereocenters. The molecule has 2 saturated heterocycles. The predicted octanol–water partition coefficient (Wildman–Crippen LogP) is 2.45. The second kappa shape index (κ2) is 8.88. The number of carbonyl (C=O) groups excluding carboxylic acids is 1. The van der Waals surface area contributed by atoms with Gasteiger partial charge in [0.25, 0.3) is 0 Å². The summed E-state index contributed by atoms with van der Waals surface area (Å²) >= 11 is 0. The fourth-order valence-corrected chi connectivity index (χ4v) is 6.01. The van der Waals surface area contributed by atoms with Crippen LogP contribution in [0.2, 0.25) is 0 Å². The molecule has 2 aliphatic heterocycles. The molecule has 1 aromatic rings. The lowest BCUT2D eigenvalue weighted by Gasteiger charge is -2.33. The number of benzene rings is 1. The van der Waals surface area contributed by atoms with E-state index in [1.165, 1.54) is 23.6 Å². The SMILES string of the molecule is O=C(C1CC1)N(CCN1CCCCC1)C1CCN(S(=O)(=O)c2cc(F)cc(F)c2)C1.